The number of anilines is 1. The van der Waals surface area contributed by atoms with E-state index in [1.54, 1.807) is 7.11 Å². The van der Waals surface area contributed by atoms with Crippen molar-refractivity contribution in [3.8, 4) is 11.8 Å². The molecule has 3 heterocycles. The molecule has 0 radical (unpaired) electrons. The number of carbonyl (C=O) groups is 2. The van der Waals surface area contributed by atoms with Gasteiger partial charge in [0.05, 0.1) is 32.1 Å². The van der Waals surface area contributed by atoms with Gasteiger partial charge >= 0.3 is 0 Å². The number of ether oxygens (including phenoxy) is 1. The third kappa shape index (κ3) is 4.38. The molecule has 2 atom stereocenters. The Labute approximate surface area is 202 Å². The van der Waals surface area contributed by atoms with Crippen LogP contribution >= 0.6 is 11.3 Å². The number of benzene rings is 1. The molecule has 1 saturated carbocycles. The molecule has 5 rings (SSSR count). The molecule has 1 aromatic carbocycles. The zero-order valence-electron chi connectivity index (χ0n) is 19.1. The Morgan fingerprint density at radius 2 is 2.18 bits per heavy atom. The molecule has 176 valence electrons. The monoisotopic (exact) mass is 477 g/mol. The van der Waals surface area contributed by atoms with Gasteiger partial charge in [-0.1, -0.05) is 18.2 Å². The highest BCUT2D eigenvalue weighted by molar-refractivity contribution is 7.16. The number of nitrogens with one attached hydrogen (secondary N) is 1. The molecule has 2 aromatic rings. The average Bonchev–Trinajstić information content (AvgIpc) is 3.33. The van der Waals surface area contributed by atoms with Crippen LogP contribution in [0.2, 0.25) is 0 Å². The lowest BCUT2D eigenvalue weighted by Crippen LogP contribution is -2.37. The SMILES string of the molecule is COc1ccccc1C1CC1C(=O)Nc1sc2c(c1C#N)CCN(C(=O)CCN1C=NCC1)C2. The molecular formula is C25H27N5O3S. The Morgan fingerprint density at radius 1 is 1.32 bits per heavy atom. The zero-order valence-corrected chi connectivity index (χ0v) is 19.9. The Bertz CT molecular complexity index is 1180. The van der Waals surface area contributed by atoms with Crippen LogP contribution in [0, 0.1) is 17.2 Å². The molecule has 1 aliphatic carbocycles. The van der Waals surface area contributed by atoms with Crippen molar-refractivity contribution in [2.75, 3.05) is 38.6 Å². The summed E-state index contributed by atoms with van der Waals surface area (Å²) in [4.78, 5) is 34.8. The van der Waals surface area contributed by atoms with Gasteiger partial charge in [-0.05, 0) is 36.0 Å². The number of rotatable bonds is 7. The van der Waals surface area contributed by atoms with Crippen molar-refractivity contribution in [1.29, 1.82) is 5.26 Å². The molecule has 3 aliphatic rings. The van der Waals surface area contributed by atoms with Crippen molar-refractivity contribution in [3.63, 3.8) is 0 Å². The molecule has 8 nitrogen and oxygen atoms in total. The Morgan fingerprint density at radius 3 is 2.94 bits per heavy atom. The van der Waals surface area contributed by atoms with Gasteiger partial charge in [0.25, 0.3) is 0 Å². The van der Waals surface area contributed by atoms with E-state index < -0.39 is 0 Å². The molecule has 2 amide bonds. The predicted molar refractivity (Wildman–Crippen MR) is 130 cm³/mol. The zero-order chi connectivity index (χ0) is 23.7. The van der Waals surface area contributed by atoms with E-state index in [0.717, 1.165) is 41.3 Å². The van der Waals surface area contributed by atoms with Gasteiger partial charge in [-0.2, -0.15) is 5.26 Å². The summed E-state index contributed by atoms with van der Waals surface area (Å²) in [5.74, 6) is 0.848. The molecule has 1 N–H and O–H groups in total. The van der Waals surface area contributed by atoms with Gasteiger partial charge in [-0.15, -0.1) is 11.3 Å². The fraction of sp³-hybridized carbons (Fsp3) is 0.440. The van der Waals surface area contributed by atoms with E-state index in [4.69, 9.17) is 4.74 Å². The van der Waals surface area contributed by atoms with Crippen molar-refractivity contribution in [1.82, 2.24) is 9.80 Å². The van der Waals surface area contributed by atoms with Crippen LogP contribution in [0.4, 0.5) is 5.00 Å². The van der Waals surface area contributed by atoms with Crippen molar-refractivity contribution >= 4 is 34.5 Å². The van der Waals surface area contributed by atoms with Crippen LogP contribution in [0.25, 0.3) is 0 Å². The average molecular weight is 478 g/mol. The molecule has 0 saturated heterocycles. The highest BCUT2D eigenvalue weighted by Crippen LogP contribution is 2.51. The number of hydrogen-bond donors (Lipinski definition) is 1. The standard InChI is InChI=1S/C25H27N5O3S/c1-33-21-5-3-2-4-16(21)18-12-19(18)24(32)28-25-20(13-26)17-6-10-30(14-22(17)34-25)23(31)7-9-29-11-8-27-15-29/h2-5,15,18-19H,6-12,14H2,1H3,(H,28,32). The number of carbonyl (C=O) groups excluding carboxylic acids is 2. The summed E-state index contributed by atoms with van der Waals surface area (Å²) in [6.45, 7) is 3.43. The lowest BCUT2D eigenvalue weighted by Gasteiger charge is -2.27. The number of methoxy groups -OCH3 is 1. The van der Waals surface area contributed by atoms with Crippen LogP contribution in [-0.4, -0.2) is 61.2 Å². The van der Waals surface area contributed by atoms with Gasteiger partial charge < -0.3 is 19.9 Å². The summed E-state index contributed by atoms with van der Waals surface area (Å²) < 4.78 is 5.45. The van der Waals surface area contributed by atoms with E-state index >= 15 is 0 Å². The van der Waals surface area contributed by atoms with E-state index in [1.807, 2.05) is 35.5 Å². The first-order valence-corrected chi connectivity index (χ1v) is 12.4. The van der Waals surface area contributed by atoms with Gasteiger partial charge in [-0.3, -0.25) is 14.6 Å². The number of amides is 2. The Hall–Kier alpha value is -3.38. The number of para-hydroxylation sites is 1. The van der Waals surface area contributed by atoms with E-state index in [1.165, 1.54) is 11.3 Å². The Balaban J connectivity index is 1.23. The molecule has 1 fully saturated rings. The van der Waals surface area contributed by atoms with Crippen molar-refractivity contribution in [2.24, 2.45) is 10.9 Å². The first-order chi connectivity index (χ1) is 16.6. The number of fused-ring (bicyclic) bond motifs is 1. The highest BCUT2D eigenvalue weighted by atomic mass is 32.1. The maximum atomic E-state index is 13.0. The minimum atomic E-state index is -0.130. The number of nitriles is 1. The molecule has 2 aliphatic heterocycles. The van der Waals surface area contributed by atoms with Gasteiger partial charge in [0, 0.05) is 36.9 Å². The van der Waals surface area contributed by atoms with Crippen LogP contribution in [0.3, 0.4) is 0 Å². The maximum Gasteiger partial charge on any atom is 0.228 e. The van der Waals surface area contributed by atoms with E-state index in [0.29, 0.717) is 43.0 Å². The largest absolute Gasteiger partial charge is 0.496 e. The second-order valence-electron chi connectivity index (χ2n) is 8.87. The number of thiophene rings is 1. The molecule has 34 heavy (non-hydrogen) atoms. The van der Waals surface area contributed by atoms with Crippen LogP contribution in [0.1, 0.15) is 40.3 Å². The smallest absolute Gasteiger partial charge is 0.228 e. The summed E-state index contributed by atoms with van der Waals surface area (Å²) in [5.41, 5.74) is 2.56. The Kier molecular flexibility index (Phi) is 6.24. The number of nitrogens with zero attached hydrogens (tertiary/aromatic N) is 4. The van der Waals surface area contributed by atoms with Gasteiger partial charge in [0.2, 0.25) is 11.8 Å². The minimum Gasteiger partial charge on any atom is -0.496 e. The topological polar surface area (TPSA) is 98.0 Å². The molecular weight excluding hydrogens is 450 g/mol. The second-order valence-corrected chi connectivity index (χ2v) is 9.98. The van der Waals surface area contributed by atoms with Crippen molar-refractivity contribution < 1.29 is 14.3 Å². The quantitative estimate of drug-likeness (QED) is 0.661. The van der Waals surface area contributed by atoms with Gasteiger partial charge in [-0.25, -0.2) is 0 Å². The van der Waals surface area contributed by atoms with Gasteiger partial charge in [0.15, 0.2) is 0 Å². The van der Waals surface area contributed by atoms with Crippen molar-refractivity contribution in [3.05, 3.63) is 45.8 Å². The van der Waals surface area contributed by atoms with Crippen molar-refractivity contribution in [2.45, 2.75) is 31.7 Å². The summed E-state index contributed by atoms with van der Waals surface area (Å²) in [6.07, 6.45) is 3.67. The normalized spacial score (nSPS) is 20.6. The highest BCUT2D eigenvalue weighted by Gasteiger charge is 2.45. The molecule has 0 bridgehead atoms. The first kappa shape index (κ1) is 22.4. The van der Waals surface area contributed by atoms with Crippen LogP contribution in [0.15, 0.2) is 29.3 Å². The fourth-order valence-electron chi connectivity index (χ4n) is 4.81. The van der Waals surface area contributed by atoms with E-state index in [9.17, 15) is 14.9 Å². The molecule has 2 unspecified atom stereocenters. The minimum absolute atomic E-state index is 0.0637. The summed E-state index contributed by atoms with van der Waals surface area (Å²) in [7, 11) is 1.64. The second kappa shape index (κ2) is 9.47. The number of aliphatic imine (C=N–C) groups is 1. The predicted octanol–water partition coefficient (Wildman–Crippen LogP) is 2.99. The first-order valence-electron chi connectivity index (χ1n) is 11.6. The summed E-state index contributed by atoms with van der Waals surface area (Å²) in [6, 6.07) is 10.1. The summed E-state index contributed by atoms with van der Waals surface area (Å²) in [5, 5.41) is 13.4. The summed E-state index contributed by atoms with van der Waals surface area (Å²) >= 11 is 1.42. The van der Waals surface area contributed by atoms with Crippen LogP contribution in [0.5, 0.6) is 5.75 Å². The third-order valence-corrected chi connectivity index (χ3v) is 7.93. The number of hydrogen-bond acceptors (Lipinski definition) is 7. The maximum absolute atomic E-state index is 13.0. The van der Waals surface area contributed by atoms with Crippen LogP contribution < -0.4 is 10.1 Å². The fourth-order valence-corrected chi connectivity index (χ4v) is 6.03. The van der Waals surface area contributed by atoms with E-state index in [2.05, 4.69) is 21.3 Å². The molecule has 1 aromatic heterocycles. The van der Waals surface area contributed by atoms with Crippen LogP contribution in [-0.2, 0) is 22.6 Å². The molecule has 9 heteroatoms. The lowest BCUT2D eigenvalue weighted by atomic mass is 10.0. The third-order valence-electron chi connectivity index (χ3n) is 6.80. The lowest BCUT2D eigenvalue weighted by molar-refractivity contribution is -0.132. The van der Waals surface area contributed by atoms with E-state index in [-0.39, 0.29) is 23.7 Å². The molecule has 0 spiro atoms. The van der Waals surface area contributed by atoms with Gasteiger partial charge in [0.1, 0.15) is 16.8 Å².